The Balaban J connectivity index is 1.40. The number of benzene rings is 1. The van der Waals surface area contributed by atoms with Gasteiger partial charge in [0, 0.05) is 48.3 Å². The van der Waals surface area contributed by atoms with Gasteiger partial charge in [0.1, 0.15) is 0 Å². The minimum absolute atomic E-state index is 0.191. The SMILES string of the molecule is OCC1(CCN2CCN(c3csc4cc(C(F)(F)F)ccc34)CC2)CC1. The highest BCUT2D eigenvalue weighted by Gasteiger charge is 2.41. The van der Waals surface area contributed by atoms with Crippen molar-refractivity contribution >= 4 is 27.1 Å². The molecule has 2 heterocycles. The molecule has 0 amide bonds. The summed E-state index contributed by atoms with van der Waals surface area (Å²) in [5.41, 5.74) is 0.658. The summed E-state index contributed by atoms with van der Waals surface area (Å²) >= 11 is 1.38. The maximum atomic E-state index is 12.9. The molecule has 2 fully saturated rings. The largest absolute Gasteiger partial charge is 0.416 e. The average Bonchev–Trinajstić information content (AvgIpc) is 3.30. The molecule has 1 saturated carbocycles. The summed E-state index contributed by atoms with van der Waals surface area (Å²) < 4.78 is 39.3. The standard InChI is InChI=1S/C19H23F3N2OS/c20-19(21,22)14-1-2-15-16(12-26-17(15)11-14)24-9-7-23(8-10-24)6-5-18(13-25)3-4-18/h1-2,11-12,25H,3-10,13H2. The van der Waals surface area contributed by atoms with Gasteiger partial charge < -0.3 is 10.0 Å². The van der Waals surface area contributed by atoms with E-state index in [1.165, 1.54) is 23.5 Å². The molecule has 0 spiro atoms. The second-order valence-corrected chi connectivity index (χ2v) is 8.48. The molecular weight excluding hydrogens is 361 g/mol. The van der Waals surface area contributed by atoms with Gasteiger partial charge in [-0.2, -0.15) is 13.2 Å². The number of thiophene rings is 1. The van der Waals surface area contributed by atoms with E-state index in [0.29, 0.717) is 11.3 Å². The van der Waals surface area contributed by atoms with Crippen LogP contribution in [0, 0.1) is 5.41 Å². The molecule has 0 atom stereocenters. The van der Waals surface area contributed by atoms with Crippen LogP contribution in [0.5, 0.6) is 0 Å². The van der Waals surface area contributed by atoms with Crippen molar-refractivity contribution in [3.8, 4) is 0 Å². The lowest BCUT2D eigenvalue weighted by atomic mass is 10.0. The predicted octanol–water partition coefficient (Wildman–Crippen LogP) is 4.20. The predicted molar refractivity (Wildman–Crippen MR) is 98.8 cm³/mol. The van der Waals surface area contributed by atoms with E-state index in [-0.39, 0.29) is 5.41 Å². The van der Waals surface area contributed by atoms with Crippen LogP contribution < -0.4 is 4.90 Å². The number of rotatable bonds is 5. The third kappa shape index (κ3) is 3.57. The second kappa shape index (κ2) is 6.69. The van der Waals surface area contributed by atoms with Gasteiger partial charge in [0.15, 0.2) is 0 Å². The number of anilines is 1. The van der Waals surface area contributed by atoms with Crippen molar-refractivity contribution in [3.63, 3.8) is 0 Å². The van der Waals surface area contributed by atoms with E-state index < -0.39 is 11.7 Å². The summed E-state index contributed by atoms with van der Waals surface area (Å²) in [6, 6.07) is 4.04. The number of nitrogens with zero attached hydrogens (tertiary/aromatic N) is 2. The van der Waals surface area contributed by atoms with E-state index in [1.54, 1.807) is 6.07 Å². The normalized spacial score (nSPS) is 20.7. The molecule has 1 aromatic heterocycles. The van der Waals surface area contributed by atoms with Crippen molar-refractivity contribution in [2.45, 2.75) is 25.4 Å². The Morgan fingerprint density at radius 3 is 2.46 bits per heavy atom. The van der Waals surface area contributed by atoms with Crippen molar-refractivity contribution in [3.05, 3.63) is 29.1 Å². The van der Waals surface area contributed by atoms with Crippen LogP contribution in [0.25, 0.3) is 10.1 Å². The zero-order chi connectivity index (χ0) is 18.4. The topological polar surface area (TPSA) is 26.7 Å². The number of aliphatic hydroxyl groups is 1. The zero-order valence-corrected chi connectivity index (χ0v) is 15.4. The summed E-state index contributed by atoms with van der Waals surface area (Å²) in [6.45, 7) is 5.01. The average molecular weight is 384 g/mol. The molecule has 1 aliphatic heterocycles. The first-order valence-electron chi connectivity index (χ1n) is 9.07. The third-order valence-electron chi connectivity index (χ3n) is 5.85. The molecule has 1 aromatic carbocycles. The van der Waals surface area contributed by atoms with E-state index in [1.807, 2.05) is 5.38 Å². The van der Waals surface area contributed by atoms with Gasteiger partial charge in [-0.1, -0.05) is 6.07 Å². The van der Waals surface area contributed by atoms with Gasteiger partial charge in [0.2, 0.25) is 0 Å². The molecule has 142 valence electrons. The molecule has 26 heavy (non-hydrogen) atoms. The maximum absolute atomic E-state index is 12.9. The van der Waals surface area contributed by atoms with E-state index in [0.717, 1.165) is 63.1 Å². The van der Waals surface area contributed by atoms with E-state index >= 15 is 0 Å². The summed E-state index contributed by atoms with van der Waals surface area (Å²) in [7, 11) is 0. The number of halogens is 3. The molecule has 2 aromatic rings. The number of fused-ring (bicyclic) bond motifs is 1. The Kier molecular flexibility index (Phi) is 4.65. The van der Waals surface area contributed by atoms with Crippen molar-refractivity contribution in [1.29, 1.82) is 0 Å². The van der Waals surface area contributed by atoms with Gasteiger partial charge in [-0.25, -0.2) is 0 Å². The van der Waals surface area contributed by atoms with Crippen molar-refractivity contribution in [1.82, 2.24) is 4.90 Å². The van der Waals surface area contributed by atoms with Gasteiger partial charge >= 0.3 is 6.18 Å². The third-order valence-corrected chi connectivity index (χ3v) is 6.78. The fourth-order valence-electron chi connectivity index (χ4n) is 3.71. The lowest BCUT2D eigenvalue weighted by Gasteiger charge is -2.36. The molecule has 1 aliphatic carbocycles. The number of alkyl halides is 3. The van der Waals surface area contributed by atoms with Crippen LogP contribution in [0.4, 0.5) is 18.9 Å². The summed E-state index contributed by atoms with van der Waals surface area (Å²) in [4.78, 5) is 4.71. The molecule has 7 heteroatoms. The molecular formula is C19H23F3N2OS. The monoisotopic (exact) mass is 384 g/mol. The van der Waals surface area contributed by atoms with Crippen LogP contribution in [0.1, 0.15) is 24.8 Å². The molecule has 4 rings (SSSR count). The van der Waals surface area contributed by atoms with Crippen LogP contribution in [0.3, 0.4) is 0 Å². The number of aliphatic hydroxyl groups excluding tert-OH is 1. The molecule has 3 nitrogen and oxygen atoms in total. The highest BCUT2D eigenvalue weighted by atomic mass is 32.1. The Labute approximate surface area is 155 Å². The minimum Gasteiger partial charge on any atom is -0.396 e. The molecule has 0 radical (unpaired) electrons. The Bertz CT molecular complexity index is 777. The Morgan fingerprint density at radius 2 is 1.85 bits per heavy atom. The molecule has 1 N–H and O–H groups in total. The van der Waals surface area contributed by atoms with Crippen LogP contribution in [0.15, 0.2) is 23.6 Å². The smallest absolute Gasteiger partial charge is 0.396 e. The Hall–Kier alpha value is -1.31. The summed E-state index contributed by atoms with van der Waals surface area (Å²) in [5, 5.41) is 12.3. The quantitative estimate of drug-likeness (QED) is 0.837. The molecule has 0 unspecified atom stereocenters. The highest BCUT2D eigenvalue weighted by Crippen LogP contribution is 2.48. The lowest BCUT2D eigenvalue weighted by molar-refractivity contribution is -0.137. The summed E-state index contributed by atoms with van der Waals surface area (Å²) in [6.07, 6.45) is -0.947. The van der Waals surface area contributed by atoms with Crippen LogP contribution in [0.2, 0.25) is 0 Å². The number of hydrogen-bond acceptors (Lipinski definition) is 4. The Morgan fingerprint density at radius 1 is 1.12 bits per heavy atom. The van der Waals surface area contributed by atoms with Gasteiger partial charge in [0.25, 0.3) is 0 Å². The van der Waals surface area contributed by atoms with Gasteiger partial charge in [-0.05, 0) is 43.4 Å². The zero-order valence-electron chi connectivity index (χ0n) is 14.6. The van der Waals surface area contributed by atoms with E-state index in [4.69, 9.17) is 0 Å². The van der Waals surface area contributed by atoms with Crippen molar-refractivity contribution in [2.24, 2.45) is 5.41 Å². The van der Waals surface area contributed by atoms with Gasteiger partial charge in [-0.15, -0.1) is 11.3 Å². The van der Waals surface area contributed by atoms with Gasteiger partial charge in [0.05, 0.1) is 11.3 Å². The summed E-state index contributed by atoms with van der Waals surface area (Å²) in [5.74, 6) is 0. The van der Waals surface area contributed by atoms with E-state index in [2.05, 4.69) is 9.80 Å². The first kappa shape index (κ1) is 18.1. The number of hydrogen-bond donors (Lipinski definition) is 1. The second-order valence-electron chi connectivity index (χ2n) is 7.57. The fraction of sp³-hybridized carbons (Fsp3) is 0.579. The highest BCUT2D eigenvalue weighted by molar-refractivity contribution is 7.17. The lowest BCUT2D eigenvalue weighted by Crippen LogP contribution is -2.47. The number of piperazine rings is 1. The fourth-order valence-corrected chi connectivity index (χ4v) is 4.72. The van der Waals surface area contributed by atoms with E-state index in [9.17, 15) is 18.3 Å². The molecule has 0 bridgehead atoms. The van der Waals surface area contributed by atoms with Gasteiger partial charge in [-0.3, -0.25) is 4.90 Å². The maximum Gasteiger partial charge on any atom is 0.416 e. The molecule has 1 saturated heterocycles. The van der Waals surface area contributed by atoms with Crippen molar-refractivity contribution < 1.29 is 18.3 Å². The first-order chi connectivity index (χ1) is 12.4. The van der Waals surface area contributed by atoms with Crippen LogP contribution in [-0.4, -0.2) is 49.3 Å². The van der Waals surface area contributed by atoms with Crippen molar-refractivity contribution in [2.75, 3.05) is 44.2 Å². The molecule has 2 aliphatic rings. The first-order valence-corrected chi connectivity index (χ1v) is 9.95. The minimum atomic E-state index is -4.29. The van der Waals surface area contributed by atoms with Crippen LogP contribution in [-0.2, 0) is 6.18 Å². The van der Waals surface area contributed by atoms with Crippen LogP contribution >= 0.6 is 11.3 Å².